The van der Waals surface area contributed by atoms with Crippen molar-refractivity contribution in [2.24, 2.45) is 12.8 Å². The Bertz CT molecular complexity index is 464. The predicted molar refractivity (Wildman–Crippen MR) is 73.3 cm³/mol. The van der Waals surface area contributed by atoms with Gasteiger partial charge in [-0.05, 0) is 25.1 Å². The van der Waals surface area contributed by atoms with Crippen LogP contribution in [0.2, 0.25) is 0 Å². The maximum absolute atomic E-state index is 11.2. The molecule has 7 heteroatoms. The molecule has 1 aromatic rings. The zero-order valence-corrected chi connectivity index (χ0v) is 11.1. The third kappa shape index (κ3) is 2.98. The van der Waals surface area contributed by atoms with E-state index in [-0.39, 0.29) is 5.69 Å². The van der Waals surface area contributed by atoms with Gasteiger partial charge in [-0.2, -0.15) is 5.10 Å². The van der Waals surface area contributed by atoms with E-state index in [1.165, 1.54) is 17.5 Å². The SMILES string of the molecule is Cn1cc(NC(=S)NC2CCCC2)c(C(N)=O)n1. The maximum Gasteiger partial charge on any atom is 0.271 e. The molecule has 1 fully saturated rings. The normalized spacial score (nSPS) is 15.6. The number of nitrogens with one attached hydrogen (secondary N) is 2. The molecule has 1 aliphatic rings. The maximum atomic E-state index is 11.2. The molecule has 0 aliphatic heterocycles. The molecule has 6 nitrogen and oxygen atoms in total. The Labute approximate surface area is 111 Å². The summed E-state index contributed by atoms with van der Waals surface area (Å²) in [5, 5.41) is 10.7. The topological polar surface area (TPSA) is 85.0 Å². The molecule has 1 aliphatic carbocycles. The van der Waals surface area contributed by atoms with Crippen LogP contribution in [0.4, 0.5) is 5.69 Å². The molecule has 0 spiro atoms. The summed E-state index contributed by atoms with van der Waals surface area (Å²) < 4.78 is 1.53. The number of amides is 1. The average Bonchev–Trinajstić information content (AvgIpc) is 2.88. The number of hydrogen-bond donors (Lipinski definition) is 3. The van der Waals surface area contributed by atoms with Gasteiger partial charge < -0.3 is 16.4 Å². The highest BCUT2D eigenvalue weighted by molar-refractivity contribution is 7.80. The van der Waals surface area contributed by atoms with Gasteiger partial charge in [-0.1, -0.05) is 12.8 Å². The molecule has 0 unspecified atom stereocenters. The fourth-order valence-electron chi connectivity index (χ4n) is 2.18. The minimum atomic E-state index is -0.568. The molecule has 0 atom stereocenters. The van der Waals surface area contributed by atoms with Crippen LogP contribution in [0.1, 0.15) is 36.2 Å². The Hall–Kier alpha value is -1.63. The second kappa shape index (κ2) is 5.34. The number of aryl methyl sites for hydroxylation is 1. The van der Waals surface area contributed by atoms with Gasteiger partial charge in [-0.3, -0.25) is 9.48 Å². The van der Waals surface area contributed by atoms with Gasteiger partial charge in [-0.25, -0.2) is 0 Å². The van der Waals surface area contributed by atoms with Crippen LogP contribution in [-0.2, 0) is 7.05 Å². The molecule has 0 aromatic carbocycles. The molecular formula is C11H17N5OS. The van der Waals surface area contributed by atoms with Gasteiger partial charge in [0.25, 0.3) is 5.91 Å². The second-order valence-electron chi connectivity index (χ2n) is 4.51. The molecule has 4 N–H and O–H groups in total. The Kier molecular flexibility index (Phi) is 3.81. The molecule has 98 valence electrons. The average molecular weight is 267 g/mol. The van der Waals surface area contributed by atoms with Crippen molar-refractivity contribution in [3.05, 3.63) is 11.9 Å². The minimum absolute atomic E-state index is 0.202. The summed E-state index contributed by atoms with van der Waals surface area (Å²) in [7, 11) is 1.73. The van der Waals surface area contributed by atoms with Crippen LogP contribution in [0.25, 0.3) is 0 Å². The van der Waals surface area contributed by atoms with E-state index in [4.69, 9.17) is 18.0 Å². The number of nitrogens with two attached hydrogens (primary N) is 1. The number of hydrogen-bond acceptors (Lipinski definition) is 3. The summed E-state index contributed by atoms with van der Waals surface area (Å²) in [6.45, 7) is 0. The number of carbonyl (C=O) groups excluding carboxylic acids is 1. The molecule has 0 radical (unpaired) electrons. The fraction of sp³-hybridized carbons (Fsp3) is 0.545. The monoisotopic (exact) mass is 267 g/mol. The van der Waals surface area contributed by atoms with Crippen molar-refractivity contribution in [2.75, 3.05) is 5.32 Å². The Balaban J connectivity index is 1.99. The lowest BCUT2D eigenvalue weighted by atomic mass is 10.2. The van der Waals surface area contributed by atoms with E-state index < -0.39 is 5.91 Å². The van der Waals surface area contributed by atoms with Crippen molar-refractivity contribution in [1.82, 2.24) is 15.1 Å². The van der Waals surface area contributed by atoms with Crippen LogP contribution >= 0.6 is 12.2 Å². The number of thiocarbonyl (C=S) groups is 1. The number of nitrogens with zero attached hydrogens (tertiary/aromatic N) is 2. The highest BCUT2D eigenvalue weighted by Crippen LogP contribution is 2.18. The zero-order chi connectivity index (χ0) is 13.1. The summed E-state index contributed by atoms with van der Waals surface area (Å²) in [5.41, 5.74) is 5.99. The standard InChI is InChI=1S/C11H17N5OS/c1-16-6-8(9(15-16)10(12)17)14-11(18)13-7-4-2-3-5-7/h6-7H,2-5H2,1H3,(H2,12,17)(H2,13,14,18). The highest BCUT2D eigenvalue weighted by atomic mass is 32.1. The second-order valence-corrected chi connectivity index (χ2v) is 4.92. The molecular weight excluding hydrogens is 250 g/mol. The van der Waals surface area contributed by atoms with Crippen molar-refractivity contribution >= 4 is 28.9 Å². The first-order chi connectivity index (χ1) is 8.56. The first-order valence-corrected chi connectivity index (χ1v) is 6.38. The molecule has 2 rings (SSSR count). The molecule has 18 heavy (non-hydrogen) atoms. The fourth-order valence-corrected chi connectivity index (χ4v) is 2.45. The summed E-state index contributed by atoms with van der Waals surface area (Å²) in [5.74, 6) is -0.568. The van der Waals surface area contributed by atoms with Crippen molar-refractivity contribution < 1.29 is 4.79 Å². The predicted octanol–water partition coefficient (Wildman–Crippen LogP) is 0.748. The quantitative estimate of drug-likeness (QED) is 0.704. The van der Waals surface area contributed by atoms with Gasteiger partial charge >= 0.3 is 0 Å². The third-order valence-corrected chi connectivity index (χ3v) is 3.22. The van der Waals surface area contributed by atoms with Crippen LogP contribution in [0.3, 0.4) is 0 Å². The van der Waals surface area contributed by atoms with Crippen molar-refractivity contribution in [3.8, 4) is 0 Å². The Morgan fingerprint density at radius 3 is 2.83 bits per heavy atom. The van der Waals surface area contributed by atoms with E-state index in [1.807, 2.05) is 0 Å². The Morgan fingerprint density at radius 2 is 2.22 bits per heavy atom. The zero-order valence-electron chi connectivity index (χ0n) is 10.3. The first kappa shape index (κ1) is 12.8. The lowest BCUT2D eigenvalue weighted by Crippen LogP contribution is -2.36. The molecule has 1 aromatic heterocycles. The van der Waals surface area contributed by atoms with E-state index >= 15 is 0 Å². The lowest BCUT2D eigenvalue weighted by molar-refractivity contribution is 0.0995. The minimum Gasteiger partial charge on any atom is -0.364 e. The van der Waals surface area contributed by atoms with Gasteiger partial charge in [-0.15, -0.1) is 0 Å². The highest BCUT2D eigenvalue weighted by Gasteiger charge is 2.18. The van der Waals surface area contributed by atoms with E-state index in [1.54, 1.807) is 13.2 Å². The van der Waals surface area contributed by atoms with E-state index in [2.05, 4.69) is 15.7 Å². The molecule has 0 bridgehead atoms. The van der Waals surface area contributed by atoms with Crippen molar-refractivity contribution in [1.29, 1.82) is 0 Å². The summed E-state index contributed by atoms with van der Waals surface area (Å²) in [6, 6.07) is 0.429. The van der Waals surface area contributed by atoms with E-state index in [0.29, 0.717) is 16.8 Å². The third-order valence-electron chi connectivity index (χ3n) is 3.00. The van der Waals surface area contributed by atoms with Crippen LogP contribution in [0.5, 0.6) is 0 Å². The largest absolute Gasteiger partial charge is 0.364 e. The van der Waals surface area contributed by atoms with E-state index in [0.717, 1.165) is 12.8 Å². The van der Waals surface area contributed by atoms with Gasteiger partial charge in [0.1, 0.15) is 0 Å². The van der Waals surface area contributed by atoms with Gasteiger partial charge in [0, 0.05) is 19.3 Å². The number of primary amides is 1. The van der Waals surface area contributed by atoms with Gasteiger partial charge in [0.15, 0.2) is 10.8 Å². The van der Waals surface area contributed by atoms with Crippen LogP contribution in [-0.4, -0.2) is 26.8 Å². The lowest BCUT2D eigenvalue weighted by Gasteiger charge is -2.15. The summed E-state index contributed by atoms with van der Waals surface area (Å²) in [6.07, 6.45) is 6.43. The number of rotatable bonds is 3. The number of carbonyl (C=O) groups is 1. The van der Waals surface area contributed by atoms with Crippen LogP contribution < -0.4 is 16.4 Å². The molecule has 1 heterocycles. The molecule has 0 saturated heterocycles. The first-order valence-electron chi connectivity index (χ1n) is 5.97. The van der Waals surface area contributed by atoms with Crippen LogP contribution in [0.15, 0.2) is 6.20 Å². The Morgan fingerprint density at radius 1 is 1.56 bits per heavy atom. The number of anilines is 1. The van der Waals surface area contributed by atoms with Gasteiger partial charge in [0.05, 0.1) is 5.69 Å². The van der Waals surface area contributed by atoms with Gasteiger partial charge in [0.2, 0.25) is 0 Å². The number of aromatic nitrogens is 2. The van der Waals surface area contributed by atoms with Crippen molar-refractivity contribution in [2.45, 2.75) is 31.7 Å². The molecule has 1 saturated carbocycles. The molecule has 1 amide bonds. The summed E-state index contributed by atoms with van der Waals surface area (Å²) >= 11 is 5.22. The van der Waals surface area contributed by atoms with Crippen LogP contribution in [0, 0.1) is 0 Å². The van der Waals surface area contributed by atoms with E-state index in [9.17, 15) is 4.79 Å². The summed E-state index contributed by atoms with van der Waals surface area (Å²) in [4.78, 5) is 11.2. The van der Waals surface area contributed by atoms with Crippen molar-refractivity contribution in [3.63, 3.8) is 0 Å². The smallest absolute Gasteiger partial charge is 0.271 e.